The second-order valence-electron chi connectivity index (χ2n) is 7.59. The number of rotatable bonds is 5. The molecule has 0 aliphatic carbocycles. The molecule has 0 N–H and O–H groups in total. The van der Waals surface area contributed by atoms with Crippen LogP contribution in [0.1, 0.15) is 21.6 Å². The number of piperazine rings is 1. The van der Waals surface area contributed by atoms with Crippen molar-refractivity contribution >= 4 is 5.91 Å². The molecule has 2 aromatic carbocycles. The minimum Gasteiger partial charge on any atom is -0.493 e. The Labute approximate surface area is 183 Å². The Hall–Kier alpha value is -3.33. The second kappa shape index (κ2) is 9.04. The quantitative estimate of drug-likeness (QED) is 0.600. The van der Waals surface area contributed by atoms with Crippen molar-refractivity contribution in [1.29, 1.82) is 0 Å². The largest absolute Gasteiger partial charge is 0.493 e. The van der Waals surface area contributed by atoms with Gasteiger partial charge in [-0.25, -0.2) is 4.68 Å². The SMILES string of the molecule is COc1cn(-c2ccccc2)nc1C(=O)N1CCN(Cc2ccc(C(F)(F)F)cc2)CC1. The molecule has 168 valence electrons. The van der Waals surface area contributed by atoms with Gasteiger partial charge in [-0.1, -0.05) is 30.3 Å². The van der Waals surface area contributed by atoms with Gasteiger partial charge in [-0.3, -0.25) is 9.69 Å². The lowest BCUT2D eigenvalue weighted by molar-refractivity contribution is -0.137. The van der Waals surface area contributed by atoms with Crippen molar-refractivity contribution in [3.8, 4) is 11.4 Å². The highest BCUT2D eigenvalue weighted by Gasteiger charge is 2.30. The molecule has 0 saturated carbocycles. The maximum atomic E-state index is 13.1. The molecule has 0 unspecified atom stereocenters. The van der Waals surface area contributed by atoms with Crippen molar-refractivity contribution in [2.45, 2.75) is 12.7 Å². The molecule has 0 spiro atoms. The van der Waals surface area contributed by atoms with Gasteiger partial charge in [0.15, 0.2) is 11.4 Å². The van der Waals surface area contributed by atoms with E-state index in [0.29, 0.717) is 38.5 Å². The molecular weight excluding hydrogens is 421 g/mol. The van der Waals surface area contributed by atoms with E-state index in [1.807, 2.05) is 30.3 Å². The van der Waals surface area contributed by atoms with Gasteiger partial charge < -0.3 is 9.64 Å². The molecule has 2 heterocycles. The van der Waals surface area contributed by atoms with Crippen LogP contribution in [-0.4, -0.2) is 58.8 Å². The fourth-order valence-electron chi connectivity index (χ4n) is 3.68. The molecule has 9 heteroatoms. The van der Waals surface area contributed by atoms with Crippen molar-refractivity contribution in [1.82, 2.24) is 19.6 Å². The topological polar surface area (TPSA) is 50.6 Å². The highest BCUT2D eigenvalue weighted by Crippen LogP contribution is 2.29. The molecule has 4 rings (SSSR count). The zero-order chi connectivity index (χ0) is 22.7. The molecule has 1 amide bonds. The molecule has 1 fully saturated rings. The standard InChI is InChI=1S/C23H23F3N4O2/c1-32-20-16-30(19-5-3-2-4-6-19)27-21(20)22(31)29-13-11-28(12-14-29)15-17-7-9-18(10-8-17)23(24,25)26/h2-10,16H,11-15H2,1H3. The number of nitrogens with zero attached hydrogens (tertiary/aromatic N) is 4. The monoisotopic (exact) mass is 444 g/mol. The number of ether oxygens (including phenoxy) is 1. The van der Waals surface area contributed by atoms with Gasteiger partial charge in [-0.2, -0.15) is 18.3 Å². The van der Waals surface area contributed by atoms with Crippen LogP contribution in [0.3, 0.4) is 0 Å². The molecule has 0 atom stereocenters. The number of carbonyl (C=O) groups is 1. The summed E-state index contributed by atoms with van der Waals surface area (Å²) in [6.45, 7) is 2.77. The van der Waals surface area contributed by atoms with Crippen LogP contribution in [0.15, 0.2) is 60.8 Å². The molecule has 1 aliphatic rings. The lowest BCUT2D eigenvalue weighted by atomic mass is 10.1. The predicted octanol–water partition coefficient (Wildman–Crippen LogP) is 3.86. The molecule has 1 aromatic heterocycles. The van der Waals surface area contributed by atoms with Crippen molar-refractivity contribution in [3.05, 3.63) is 77.6 Å². The summed E-state index contributed by atoms with van der Waals surface area (Å²) in [7, 11) is 1.51. The van der Waals surface area contributed by atoms with Crippen molar-refractivity contribution in [2.24, 2.45) is 0 Å². The van der Waals surface area contributed by atoms with E-state index in [9.17, 15) is 18.0 Å². The molecule has 32 heavy (non-hydrogen) atoms. The summed E-state index contributed by atoms with van der Waals surface area (Å²) in [5.74, 6) is 0.205. The molecule has 1 saturated heterocycles. The number of benzene rings is 2. The third-order valence-electron chi connectivity index (χ3n) is 5.47. The number of halogens is 3. The molecular formula is C23H23F3N4O2. The Morgan fingerprint density at radius 3 is 2.25 bits per heavy atom. The lowest BCUT2D eigenvalue weighted by Gasteiger charge is -2.34. The average molecular weight is 444 g/mol. The number of hydrogen-bond acceptors (Lipinski definition) is 4. The maximum Gasteiger partial charge on any atom is 0.416 e. The number of aromatic nitrogens is 2. The molecule has 0 bridgehead atoms. The summed E-state index contributed by atoms with van der Waals surface area (Å²) in [4.78, 5) is 16.9. The van der Waals surface area contributed by atoms with E-state index in [0.717, 1.165) is 23.4 Å². The Morgan fingerprint density at radius 2 is 1.66 bits per heavy atom. The van der Waals surface area contributed by atoms with Crippen LogP contribution in [0.2, 0.25) is 0 Å². The highest BCUT2D eigenvalue weighted by atomic mass is 19.4. The predicted molar refractivity (Wildman–Crippen MR) is 113 cm³/mol. The lowest BCUT2D eigenvalue weighted by Crippen LogP contribution is -2.48. The van der Waals surface area contributed by atoms with Gasteiger partial charge in [0.2, 0.25) is 0 Å². The first kappa shape index (κ1) is 21.9. The first-order chi connectivity index (χ1) is 15.3. The van der Waals surface area contributed by atoms with Crippen LogP contribution in [0.25, 0.3) is 5.69 Å². The molecule has 3 aromatic rings. The van der Waals surface area contributed by atoms with Gasteiger partial charge in [0.25, 0.3) is 5.91 Å². The van der Waals surface area contributed by atoms with E-state index in [2.05, 4.69) is 10.00 Å². The zero-order valence-electron chi connectivity index (χ0n) is 17.5. The van der Waals surface area contributed by atoms with Crippen molar-refractivity contribution < 1.29 is 22.7 Å². The molecule has 0 radical (unpaired) electrons. The van der Waals surface area contributed by atoms with Gasteiger partial charge in [0, 0.05) is 32.7 Å². The Kier molecular flexibility index (Phi) is 6.18. The summed E-state index contributed by atoms with van der Waals surface area (Å²) < 4.78 is 45.2. The van der Waals surface area contributed by atoms with Crippen LogP contribution in [0.5, 0.6) is 5.75 Å². The molecule has 1 aliphatic heterocycles. The van der Waals surface area contributed by atoms with Gasteiger partial charge in [-0.05, 0) is 29.8 Å². The average Bonchev–Trinajstić information content (AvgIpc) is 3.24. The third-order valence-corrected chi connectivity index (χ3v) is 5.47. The third kappa shape index (κ3) is 4.77. The minimum absolute atomic E-state index is 0.203. The zero-order valence-corrected chi connectivity index (χ0v) is 17.5. The summed E-state index contributed by atoms with van der Waals surface area (Å²) in [5, 5.41) is 4.44. The summed E-state index contributed by atoms with van der Waals surface area (Å²) in [6.07, 6.45) is -2.65. The van der Waals surface area contributed by atoms with E-state index >= 15 is 0 Å². The van der Waals surface area contributed by atoms with E-state index in [1.165, 1.54) is 19.2 Å². The van der Waals surface area contributed by atoms with Crippen LogP contribution < -0.4 is 4.74 Å². The summed E-state index contributed by atoms with van der Waals surface area (Å²) in [6, 6.07) is 14.7. The van der Waals surface area contributed by atoms with Crippen LogP contribution >= 0.6 is 0 Å². The first-order valence-electron chi connectivity index (χ1n) is 10.2. The van der Waals surface area contributed by atoms with Gasteiger partial charge in [0.1, 0.15) is 0 Å². The number of para-hydroxylation sites is 1. The number of hydrogen-bond donors (Lipinski definition) is 0. The van der Waals surface area contributed by atoms with E-state index in [1.54, 1.807) is 15.8 Å². The minimum atomic E-state index is -4.33. The number of amides is 1. The van der Waals surface area contributed by atoms with Crippen LogP contribution in [0.4, 0.5) is 13.2 Å². The molecule has 6 nitrogen and oxygen atoms in total. The van der Waals surface area contributed by atoms with Gasteiger partial charge >= 0.3 is 6.18 Å². The van der Waals surface area contributed by atoms with Crippen molar-refractivity contribution in [2.75, 3.05) is 33.3 Å². The van der Waals surface area contributed by atoms with E-state index < -0.39 is 11.7 Å². The van der Waals surface area contributed by atoms with Gasteiger partial charge in [-0.15, -0.1) is 0 Å². The van der Waals surface area contributed by atoms with Gasteiger partial charge in [0.05, 0.1) is 24.6 Å². The second-order valence-corrected chi connectivity index (χ2v) is 7.59. The fraction of sp³-hybridized carbons (Fsp3) is 0.304. The summed E-state index contributed by atoms with van der Waals surface area (Å²) >= 11 is 0. The fourth-order valence-corrected chi connectivity index (χ4v) is 3.68. The smallest absolute Gasteiger partial charge is 0.416 e. The number of carbonyl (C=O) groups excluding carboxylic acids is 1. The normalized spacial score (nSPS) is 15.1. The Morgan fingerprint density at radius 1 is 1.00 bits per heavy atom. The Balaban J connectivity index is 1.38. The van der Waals surface area contributed by atoms with E-state index in [-0.39, 0.29) is 11.6 Å². The van der Waals surface area contributed by atoms with Crippen LogP contribution in [-0.2, 0) is 12.7 Å². The number of alkyl halides is 3. The Bertz CT molecular complexity index is 1060. The van der Waals surface area contributed by atoms with E-state index in [4.69, 9.17) is 4.74 Å². The van der Waals surface area contributed by atoms with Crippen LogP contribution in [0, 0.1) is 0 Å². The first-order valence-corrected chi connectivity index (χ1v) is 10.2. The number of methoxy groups -OCH3 is 1. The maximum absolute atomic E-state index is 13.1. The highest BCUT2D eigenvalue weighted by molar-refractivity contribution is 5.95. The summed E-state index contributed by atoms with van der Waals surface area (Å²) in [5.41, 5.74) is 1.24. The van der Waals surface area contributed by atoms with Crippen molar-refractivity contribution in [3.63, 3.8) is 0 Å².